The van der Waals surface area contributed by atoms with Crippen LogP contribution >= 0.6 is 12.4 Å². The van der Waals surface area contributed by atoms with Crippen molar-refractivity contribution in [1.29, 1.82) is 0 Å². The minimum absolute atomic E-state index is 0. The van der Waals surface area contributed by atoms with Crippen LogP contribution in [0.1, 0.15) is 110 Å². The molecule has 0 atom stereocenters. The van der Waals surface area contributed by atoms with E-state index in [0.29, 0.717) is 43.2 Å². The highest BCUT2D eigenvalue weighted by Crippen LogP contribution is 2.56. The largest absolute Gasteiger partial charge is 0.481 e. The Morgan fingerprint density at radius 1 is 0.672 bits per heavy atom. The van der Waals surface area contributed by atoms with Crippen LogP contribution in [0.5, 0.6) is 35.0 Å². The van der Waals surface area contributed by atoms with E-state index in [1.54, 1.807) is 14.2 Å². The number of amides is 1. The number of methoxy groups -OCH3 is 2. The first-order valence-corrected chi connectivity index (χ1v) is 21.9. The van der Waals surface area contributed by atoms with Gasteiger partial charge in [-0.2, -0.15) is 0 Å². The first-order chi connectivity index (χ1) is 29.3. The molecule has 2 aromatic carbocycles. The van der Waals surface area contributed by atoms with Crippen LogP contribution in [0.2, 0.25) is 0 Å². The summed E-state index contributed by atoms with van der Waals surface area (Å²) in [7, 11) is 3.33. The zero-order chi connectivity index (χ0) is 41.5. The van der Waals surface area contributed by atoms with E-state index in [0.717, 1.165) is 124 Å². The lowest BCUT2D eigenvalue weighted by Gasteiger charge is -2.46. The molecule has 322 valence electrons. The fraction of sp³-hybridized carbons (Fsp3) is 0.449. The van der Waals surface area contributed by atoms with Crippen molar-refractivity contribution < 1.29 is 23.7 Å². The molecule has 4 aromatic heterocycles. The second kappa shape index (κ2) is 17.6. The Labute approximate surface area is 365 Å². The number of carbonyl (C=O) groups is 1. The molecule has 1 N–H and O–H groups in total. The highest BCUT2D eigenvalue weighted by atomic mass is 35.5. The van der Waals surface area contributed by atoms with E-state index in [-0.39, 0.29) is 24.5 Å². The maximum absolute atomic E-state index is 14.1. The van der Waals surface area contributed by atoms with Crippen LogP contribution in [-0.2, 0) is 10.3 Å². The molecule has 3 fully saturated rings. The van der Waals surface area contributed by atoms with Crippen LogP contribution in [0.25, 0.3) is 21.8 Å². The lowest BCUT2D eigenvalue weighted by Crippen LogP contribution is -2.59. The number of aromatic nitrogens is 4. The van der Waals surface area contributed by atoms with Crippen molar-refractivity contribution in [1.82, 2.24) is 29.3 Å². The van der Waals surface area contributed by atoms with E-state index in [4.69, 9.17) is 28.9 Å². The van der Waals surface area contributed by atoms with Gasteiger partial charge in [-0.1, -0.05) is 74.9 Å². The summed E-state index contributed by atoms with van der Waals surface area (Å²) >= 11 is 0. The van der Waals surface area contributed by atoms with Crippen molar-refractivity contribution in [2.45, 2.75) is 110 Å². The molecule has 1 aliphatic heterocycles. The maximum Gasteiger partial charge on any atom is 0.215 e. The molecule has 6 aromatic rings. The fourth-order valence-corrected chi connectivity index (χ4v) is 10.6. The Balaban J connectivity index is 0.00000514. The number of ether oxygens (including phenoxy) is 4. The highest BCUT2D eigenvalue weighted by molar-refractivity contribution is 5.95. The Hall–Kier alpha value is -5.26. The molecule has 2 saturated carbocycles. The van der Waals surface area contributed by atoms with Crippen LogP contribution in [0.3, 0.4) is 0 Å². The summed E-state index contributed by atoms with van der Waals surface area (Å²) in [6, 6.07) is 16.9. The van der Waals surface area contributed by atoms with Crippen molar-refractivity contribution in [2.75, 3.05) is 33.9 Å². The molecule has 5 heterocycles. The lowest BCUT2D eigenvalue weighted by atomic mass is 9.79. The monoisotopic (exact) mass is 846 g/mol. The smallest absolute Gasteiger partial charge is 0.215 e. The normalized spacial score (nSPS) is 17.3. The van der Waals surface area contributed by atoms with Gasteiger partial charge in [-0.25, -0.2) is 9.97 Å². The summed E-state index contributed by atoms with van der Waals surface area (Å²) in [5, 5.41) is 5.59. The predicted octanol–water partition coefficient (Wildman–Crippen LogP) is 11.0. The molecule has 61 heavy (non-hydrogen) atoms. The second-order valence-electron chi connectivity index (χ2n) is 17.2. The number of hydrogen-bond donors (Lipinski definition) is 1. The molecule has 1 saturated heterocycles. The first-order valence-electron chi connectivity index (χ1n) is 21.9. The molecule has 0 unspecified atom stereocenters. The Kier molecular flexibility index (Phi) is 12.3. The molecule has 9 rings (SSSR count). The van der Waals surface area contributed by atoms with Crippen molar-refractivity contribution in [2.24, 2.45) is 0 Å². The average Bonchev–Trinajstić information content (AvgIpc) is 3.78. The van der Waals surface area contributed by atoms with Gasteiger partial charge < -0.3 is 38.3 Å². The summed E-state index contributed by atoms with van der Waals surface area (Å²) in [5.74, 6) is 4.07. The van der Waals surface area contributed by atoms with Gasteiger partial charge in [0.15, 0.2) is 0 Å². The number of nitrogens with one attached hydrogen (secondary N) is 1. The van der Waals surface area contributed by atoms with Crippen molar-refractivity contribution >= 4 is 40.6 Å². The Bertz CT molecular complexity index is 2350. The van der Waals surface area contributed by atoms with E-state index in [1.165, 1.54) is 12.8 Å². The Morgan fingerprint density at radius 2 is 1.10 bits per heavy atom. The summed E-state index contributed by atoms with van der Waals surface area (Å²) in [5.41, 5.74) is 6.63. The number of carbonyl (C=O) groups excluding carboxylic acids is 1. The van der Waals surface area contributed by atoms with Gasteiger partial charge in [0.25, 0.3) is 0 Å². The van der Waals surface area contributed by atoms with Gasteiger partial charge in [0.05, 0.1) is 36.4 Å². The predicted molar refractivity (Wildman–Crippen MR) is 242 cm³/mol. The van der Waals surface area contributed by atoms with Gasteiger partial charge >= 0.3 is 0 Å². The number of halogens is 1. The fourth-order valence-electron chi connectivity index (χ4n) is 10.6. The molecule has 0 spiro atoms. The van der Waals surface area contributed by atoms with Crippen LogP contribution in [0.15, 0.2) is 60.9 Å². The minimum atomic E-state index is -1.17. The van der Waals surface area contributed by atoms with Gasteiger partial charge in [-0.3, -0.25) is 4.79 Å². The molecular formula is C49H59ClN6O5. The lowest BCUT2D eigenvalue weighted by molar-refractivity contribution is -0.124. The molecule has 1 amide bonds. The SMILES string of the molecule is COc1cc2c(cn1)c(C1(c3c(Oc4c(C)cccc4C)n(C4CCCCC4)c4cc(OC)ncc34)CNCCN1C=O)c(Oc1c(C)cccc1C)n2C1CCCCC1.Cl. The number of fused-ring (bicyclic) bond motifs is 2. The van der Waals surface area contributed by atoms with E-state index in [9.17, 15) is 4.79 Å². The molecular weight excluding hydrogens is 788 g/mol. The number of hydrogen-bond acceptors (Lipinski definition) is 8. The van der Waals surface area contributed by atoms with E-state index < -0.39 is 5.54 Å². The summed E-state index contributed by atoms with van der Waals surface area (Å²) in [6.07, 6.45) is 15.8. The number of benzene rings is 2. The zero-order valence-corrected chi connectivity index (χ0v) is 37.2. The second-order valence-corrected chi connectivity index (χ2v) is 17.2. The van der Waals surface area contributed by atoms with Crippen LogP contribution in [0, 0.1) is 27.7 Å². The third-order valence-corrected chi connectivity index (χ3v) is 13.5. The Morgan fingerprint density at radius 3 is 1.49 bits per heavy atom. The zero-order valence-electron chi connectivity index (χ0n) is 36.4. The standard InChI is InChI=1S/C49H58N6O5.ClH/c1-31-15-13-16-32(2)45(31)59-47-43(37-27-51-41(57-5)25-39(37)54(47)35-19-9-7-10-20-35)49(29-50-23-24-53(49)30-56)44-38-28-52-42(58-6)26-40(38)55(36-21-11-8-12-22-36)48(44)60-46-33(3)17-14-18-34(46)4;/h13-18,25-28,30,35-36,50H,7-12,19-24,29H2,1-6H3;1H. The van der Waals surface area contributed by atoms with E-state index in [2.05, 4.69) is 78.5 Å². The topological polar surface area (TPSA) is 105 Å². The third kappa shape index (κ3) is 7.27. The van der Waals surface area contributed by atoms with Gasteiger partial charge in [0.1, 0.15) is 17.0 Å². The highest BCUT2D eigenvalue weighted by Gasteiger charge is 2.52. The van der Waals surface area contributed by atoms with Crippen LogP contribution in [-0.4, -0.2) is 64.3 Å². The van der Waals surface area contributed by atoms with Crippen molar-refractivity contribution in [3.8, 4) is 35.0 Å². The molecule has 2 aliphatic carbocycles. The molecule has 11 nitrogen and oxygen atoms in total. The number of para-hydroxylation sites is 2. The van der Waals surface area contributed by atoms with E-state index >= 15 is 0 Å². The summed E-state index contributed by atoms with van der Waals surface area (Å²) < 4.78 is 31.5. The molecule has 3 aliphatic rings. The van der Waals surface area contributed by atoms with Crippen molar-refractivity contribution in [3.63, 3.8) is 0 Å². The number of pyridine rings is 2. The number of rotatable bonds is 11. The number of nitrogens with zero attached hydrogens (tertiary/aromatic N) is 5. The minimum Gasteiger partial charge on any atom is -0.481 e. The van der Waals surface area contributed by atoms with Gasteiger partial charge in [0, 0.05) is 67.0 Å². The third-order valence-electron chi connectivity index (χ3n) is 13.5. The van der Waals surface area contributed by atoms with Crippen LogP contribution in [0.4, 0.5) is 0 Å². The average molecular weight is 848 g/mol. The molecule has 0 bridgehead atoms. The maximum atomic E-state index is 14.1. The quantitative estimate of drug-likeness (QED) is 0.129. The summed E-state index contributed by atoms with van der Waals surface area (Å²) in [4.78, 5) is 25.9. The van der Waals surface area contributed by atoms with Crippen LogP contribution < -0.4 is 24.3 Å². The van der Waals surface area contributed by atoms with Gasteiger partial charge in [-0.05, 0) is 75.6 Å². The van der Waals surface area contributed by atoms with E-state index in [1.807, 2.05) is 29.4 Å². The molecule has 0 radical (unpaired) electrons. The molecule has 12 heteroatoms. The van der Waals surface area contributed by atoms with Crippen molar-refractivity contribution in [3.05, 3.63) is 94.3 Å². The number of piperazine rings is 1. The van der Waals surface area contributed by atoms with Gasteiger partial charge in [-0.15, -0.1) is 12.4 Å². The number of aryl methyl sites for hydroxylation is 4. The first kappa shape index (κ1) is 42.4. The summed E-state index contributed by atoms with van der Waals surface area (Å²) in [6.45, 7) is 9.87. The van der Waals surface area contributed by atoms with Gasteiger partial charge in [0.2, 0.25) is 29.9 Å².